The van der Waals surface area contributed by atoms with E-state index in [1.807, 2.05) is 45.0 Å². The molecule has 2 unspecified atom stereocenters. The minimum absolute atomic E-state index is 0.1000. The summed E-state index contributed by atoms with van der Waals surface area (Å²) in [6, 6.07) is 11.5. The average Bonchev–Trinajstić information content (AvgIpc) is 3.48. The van der Waals surface area contributed by atoms with E-state index in [0.29, 0.717) is 36.1 Å². The number of alkyl halides is 1. The van der Waals surface area contributed by atoms with E-state index in [9.17, 15) is 23.6 Å². The summed E-state index contributed by atoms with van der Waals surface area (Å²) >= 11 is 0. The molecule has 0 aliphatic carbocycles. The number of fused-ring (bicyclic) bond motifs is 1. The maximum atomic E-state index is 13.7. The third-order valence-corrected chi connectivity index (χ3v) is 7.25. The van der Waals surface area contributed by atoms with E-state index in [1.165, 1.54) is 15.9 Å². The van der Waals surface area contributed by atoms with Gasteiger partial charge in [0.1, 0.15) is 18.8 Å². The zero-order valence-corrected chi connectivity index (χ0v) is 22.3. The van der Waals surface area contributed by atoms with Gasteiger partial charge in [-0.3, -0.25) is 19.2 Å². The summed E-state index contributed by atoms with van der Waals surface area (Å²) in [5.74, 6) is -1.09. The molecular formula is C29H35FN4O4. The van der Waals surface area contributed by atoms with Gasteiger partial charge in [0.15, 0.2) is 5.78 Å². The number of benzene rings is 2. The number of carbonyl (C=O) groups is 4. The van der Waals surface area contributed by atoms with E-state index in [4.69, 9.17) is 0 Å². The van der Waals surface area contributed by atoms with E-state index in [1.54, 1.807) is 30.3 Å². The number of nitrogens with zero attached hydrogens (tertiary/aromatic N) is 3. The molecule has 2 heterocycles. The molecule has 0 spiro atoms. The van der Waals surface area contributed by atoms with Crippen molar-refractivity contribution in [2.45, 2.75) is 51.5 Å². The van der Waals surface area contributed by atoms with Crippen LogP contribution in [-0.4, -0.2) is 78.6 Å². The molecule has 2 aliphatic rings. The molecule has 1 N–H and O–H groups in total. The number of hydrogen-bond donors (Lipinski definition) is 1. The zero-order chi connectivity index (χ0) is 27.6. The number of halogens is 1. The van der Waals surface area contributed by atoms with Crippen molar-refractivity contribution >= 4 is 29.2 Å². The minimum Gasteiger partial charge on any atom is -0.378 e. The van der Waals surface area contributed by atoms with Crippen LogP contribution in [0.15, 0.2) is 48.5 Å². The van der Waals surface area contributed by atoms with Crippen LogP contribution in [0.5, 0.6) is 0 Å². The second-order valence-electron chi connectivity index (χ2n) is 10.7. The van der Waals surface area contributed by atoms with Crippen LogP contribution in [0, 0.1) is 5.92 Å². The van der Waals surface area contributed by atoms with Gasteiger partial charge in [0.05, 0.1) is 12.6 Å². The van der Waals surface area contributed by atoms with E-state index >= 15 is 0 Å². The van der Waals surface area contributed by atoms with Crippen LogP contribution in [0.3, 0.4) is 0 Å². The van der Waals surface area contributed by atoms with Gasteiger partial charge in [-0.2, -0.15) is 0 Å². The lowest BCUT2D eigenvalue weighted by molar-refractivity contribution is -0.138. The SMILES string of the molecule is CC(C)C[C@H](NC(=O)c1ccc(N(C)C)cc1)C(=O)N1CCC2C1C(=O)CN2C(=O)c1cccc(CF)c1. The molecule has 8 nitrogen and oxygen atoms in total. The molecule has 38 heavy (non-hydrogen) atoms. The molecule has 2 fully saturated rings. The Morgan fingerprint density at radius 1 is 1.05 bits per heavy atom. The molecule has 0 bridgehead atoms. The van der Waals surface area contributed by atoms with Crippen molar-refractivity contribution in [3.05, 3.63) is 65.2 Å². The highest BCUT2D eigenvalue weighted by Gasteiger charge is 2.52. The van der Waals surface area contributed by atoms with Crippen molar-refractivity contribution in [2.24, 2.45) is 5.92 Å². The molecular weight excluding hydrogens is 487 g/mol. The summed E-state index contributed by atoms with van der Waals surface area (Å²) < 4.78 is 13.1. The Kier molecular flexibility index (Phi) is 8.14. The van der Waals surface area contributed by atoms with E-state index < -0.39 is 24.8 Å². The molecule has 3 atom stereocenters. The van der Waals surface area contributed by atoms with Crippen molar-refractivity contribution in [2.75, 3.05) is 32.1 Å². The molecule has 3 amide bonds. The molecule has 202 valence electrons. The predicted octanol–water partition coefficient (Wildman–Crippen LogP) is 3.06. The van der Waals surface area contributed by atoms with Gasteiger partial charge in [0.2, 0.25) is 5.91 Å². The third-order valence-electron chi connectivity index (χ3n) is 7.25. The van der Waals surface area contributed by atoms with Gasteiger partial charge in [-0.15, -0.1) is 0 Å². The Morgan fingerprint density at radius 3 is 2.39 bits per heavy atom. The number of ketones is 1. The Balaban J connectivity index is 1.50. The lowest BCUT2D eigenvalue weighted by atomic mass is 10.0. The molecule has 2 aliphatic heterocycles. The first-order valence-corrected chi connectivity index (χ1v) is 13.0. The average molecular weight is 523 g/mol. The van der Waals surface area contributed by atoms with Crippen molar-refractivity contribution in [1.82, 2.24) is 15.1 Å². The van der Waals surface area contributed by atoms with Crippen molar-refractivity contribution < 1.29 is 23.6 Å². The predicted molar refractivity (Wildman–Crippen MR) is 143 cm³/mol. The van der Waals surface area contributed by atoms with Gasteiger partial charge in [-0.25, -0.2) is 4.39 Å². The maximum absolute atomic E-state index is 13.7. The van der Waals surface area contributed by atoms with Crippen LogP contribution >= 0.6 is 0 Å². The highest BCUT2D eigenvalue weighted by molar-refractivity contribution is 6.03. The number of carbonyl (C=O) groups excluding carboxylic acids is 4. The second kappa shape index (κ2) is 11.3. The molecule has 0 saturated carbocycles. The number of hydrogen-bond acceptors (Lipinski definition) is 5. The van der Waals surface area contributed by atoms with E-state index in [-0.39, 0.29) is 36.0 Å². The fourth-order valence-electron chi connectivity index (χ4n) is 5.34. The van der Waals surface area contributed by atoms with Crippen molar-refractivity contribution in [3.8, 4) is 0 Å². The number of amides is 3. The Labute approximate surface area is 222 Å². The molecule has 0 radical (unpaired) electrons. The van der Waals surface area contributed by atoms with Gasteiger partial charge >= 0.3 is 0 Å². The number of rotatable bonds is 8. The Bertz CT molecular complexity index is 1210. The molecule has 0 aromatic heterocycles. The smallest absolute Gasteiger partial charge is 0.254 e. The number of Topliss-reactive ketones (excluding diaryl/α,β-unsaturated/α-hetero) is 1. The summed E-state index contributed by atoms with van der Waals surface area (Å²) in [5.41, 5.74) is 2.11. The number of nitrogens with one attached hydrogen (secondary N) is 1. The monoisotopic (exact) mass is 522 g/mol. The third kappa shape index (κ3) is 5.56. The lowest BCUT2D eigenvalue weighted by Crippen LogP contribution is -2.53. The normalized spacial score (nSPS) is 19.5. The van der Waals surface area contributed by atoms with Crippen LogP contribution in [0.2, 0.25) is 0 Å². The Hall–Kier alpha value is -3.75. The van der Waals surface area contributed by atoms with Gasteiger partial charge in [0, 0.05) is 37.5 Å². The molecule has 2 saturated heterocycles. The maximum Gasteiger partial charge on any atom is 0.254 e. The van der Waals surface area contributed by atoms with Gasteiger partial charge < -0.3 is 20.0 Å². The van der Waals surface area contributed by atoms with Crippen LogP contribution in [-0.2, 0) is 16.3 Å². The van der Waals surface area contributed by atoms with Crippen LogP contribution in [0.1, 0.15) is 53.0 Å². The second-order valence-corrected chi connectivity index (χ2v) is 10.7. The van der Waals surface area contributed by atoms with E-state index in [2.05, 4.69) is 5.32 Å². The van der Waals surface area contributed by atoms with Crippen LogP contribution < -0.4 is 10.2 Å². The summed E-state index contributed by atoms with van der Waals surface area (Å²) in [6.45, 7) is 3.47. The van der Waals surface area contributed by atoms with Gasteiger partial charge in [-0.1, -0.05) is 26.0 Å². The van der Waals surface area contributed by atoms with Gasteiger partial charge in [0.25, 0.3) is 11.8 Å². The summed E-state index contributed by atoms with van der Waals surface area (Å²) in [5, 5.41) is 2.89. The fourth-order valence-corrected chi connectivity index (χ4v) is 5.34. The topological polar surface area (TPSA) is 90.0 Å². The summed E-state index contributed by atoms with van der Waals surface area (Å²) in [4.78, 5) is 58.0. The Morgan fingerprint density at radius 2 is 1.76 bits per heavy atom. The molecule has 4 rings (SSSR count). The van der Waals surface area contributed by atoms with Crippen LogP contribution in [0.4, 0.5) is 10.1 Å². The number of anilines is 1. The highest BCUT2D eigenvalue weighted by atomic mass is 19.1. The first-order chi connectivity index (χ1) is 18.1. The van der Waals surface area contributed by atoms with Crippen LogP contribution in [0.25, 0.3) is 0 Å². The quantitative estimate of drug-likeness (QED) is 0.576. The van der Waals surface area contributed by atoms with Gasteiger partial charge in [-0.05, 0) is 60.7 Å². The highest BCUT2D eigenvalue weighted by Crippen LogP contribution is 2.32. The number of likely N-dealkylation sites (tertiary alicyclic amines) is 2. The first kappa shape index (κ1) is 27.3. The van der Waals surface area contributed by atoms with Crippen molar-refractivity contribution in [1.29, 1.82) is 0 Å². The standard InChI is InChI=1S/C29H35FN4O4/c1-18(2)14-23(31-27(36)20-8-10-22(11-9-20)32(3)4)29(38)33-13-12-24-26(33)25(35)17-34(24)28(37)21-7-5-6-19(15-21)16-30/h5-11,15,18,23-24,26H,12-14,16-17H2,1-4H3,(H,31,36)/t23-,24?,26?/m0/s1. The zero-order valence-electron chi connectivity index (χ0n) is 22.3. The first-order valence-electron chi connectivity index (χ1n) is 13.0. The lowest BCUT2D eigenvalue weighted by Gasteiger charge is -2.29. The summed E-state index contributed by atoms with van der Waals surface area (Å²) in [7, 11) is 3.83. The van der Waals surface area contributed by atoms with E-state index in [0.717, 1.165) is 5.69 Å². The molecule has 2 aromatic carbocycles. The minimum atomic E-state index is -0.798. The largest absolute Gasteiger partial charge is 0.378 e. The van der Waals surface area contributed by atoms with Crippen molar-refractivity contribution in [3.63, 3.8) is 0 Å². The summed E-state index contributed by atoms with van der Waals surface area (Å²) in [6.07, 6.45) is 0.881. The molecule has 9 heteroatoms. The fraction of sp³-hybridized carbons (Fsp3) is 0.448. The molecule has 2 aromatic rings.